The van der Waals surface area contributed by atoms with Crippen LogP contribution in [0.3, 0.4) is 0 Å². The third kappa shape index (κ3) is 6.79. The first-order valence-electron chi connectivity index (χ1n) is 8.84. The number of sulfonamides is 1. The smallest absolute Gasteiger partial charge is 0.337 e. The highest BCUT2D eigenvalue weighted by Gasteiger charge is 2.15. The zero-order chi connectivity index (χ0) is 23.2. The molecule has 10 nitrogen and oxygen atoms in total. The minimum Gasteiger partial charge on any atom is -0.465 e. The van der Waals surface area contributed by atoms with Crippen LogP contribution in [0.15, 0.2) is 40.8 Å². The van der Waals surface area contributed by atoms with E-state index in [0.29, 0.717) is 11.5 Å². The molecule has 166 valence electrons. The molecule has 0 aliphatic rings. The highest BCUT2D eigenvalue weighted by atomic mass is 32.2. The zero-order valence-electron chi connectivity index (χ0n) is 17.4. The molecule has 0 spiro atoms. The second-order valence-corrected chi connectivity index (χ2v) is 8.52. The number of hydrogen-bond acceptors (Lipinski definition) is 8. The normalized spacial score (nSPS) is 11.5. The van der Waals surface area contributed by atoms with Crippen molar-refractivity contribution in [3.63, 3.8) is 0 Å². The Morgan fingerprint density at radius 2 is 1.65 bits per heavy atom. The van der Waals surface area contributed by atoms with Crippen LogP contribution in [0.1, 0.15) is 32.2 Å². The van der Waals surface area contributed by atoms with E-state index in [9.17, 15) is 22.8 Å². The fourth-order valence-electron chi connectivity index (χ4n) is 2.42. The summed E-state index contributed by atoms with van der Waals surface area (Å²) in [5.41, 5.74) is 0.318. The Morgan fingerprint density at radius 1 is 1.06 bits per heavy atom. The summed E-state index contributed by atoms with van der Waals surface area (Å²) >= 11 is 0. The molecular weight excluding hydrogens is 428 g/mol. The van der Waals surface area contributed by atoms with Gasteiger partial charge in [0.25, 0.3) is 0 Å². The molecule has 1 N–H and O–H groups in total. The van der Waals surface area contributed by atoms with Crippen LogP contribution < -0.4 is 5.32 Å². The molecule has 2 aromatic rings. The molecule has 0 bridgehead atoms. The van der Waals surface area contributed by atoms with Gasteiger partial charge in [-0.25, -0.2) is 18.0 Å². The van der Waals surface area contributed by atoms with Gasteiger partial charge in [0, 0.05) is 18.8 Å². The van der Waals surface area contributed by atoms with Crippen LogP contribution in [-0.2, 0) is 30.8 Å². The van der Waals surface area contributed by atoms with Crippen LogP contribution >= 0.6 is 0 Å². The summed E-state index contributed by atoms with van der Waals surface area (Å²) in [7, 11) is 0.460. The quantitative estimate of drug-likeness (QED) is 0.476. The Labute approximate surface area is 179 Å². The van der Waals surface area contributed by atoms with E-state index in [1.54, 1.807) is 12.1 Å². The van der Waals surface area contributed by atoms with Gasteiger partial charge in [-0.3, -0.25) is 4.79 Å². The van der Waals surface area contributed by atoms with E-state index in [2.05, 4.69) is 14.8 Å². The number of anilines is 1. The van der Waals surface area contributed by atoms with Gasteiger partial charge >= 0.3 is 11.9 Å². The molecule has 0 aliphatic carbocycles. The first-order valence-corrected chi connectivity index (χ1v) is 10.7. The number of carbonyl (C=O) groups is 3. The van der Waals surface area contributed by atoms with Gasteiger partial charge in [0.05, 0.1) is 38.1 Å². The molecule has 1 heterocycles. The number of benzene rings is 1. The summed E-state index contributed by atoms with van der Waals surface area (Å²) in [6.07, 6.45) is 3.66. The molecule has 1 aromatic heterocycles. The summed E-state index contributed by atoms with van der Waals surface area (Å²) in [5.74, 6) is -1.17. The van der Waals surface area contributed by atoms with Crippen LogP contribution in [0.5, 0.6) is 0 Å². The number of amides is 1. The number of esters is 2. The summed E-state index contributed by atoms with van der Waals surface area (Å²) in [6, 6.07) is 7.19. The van der Waals surface area contributed by atoms with Crippen LogP contribution in [0.4, 0.5) is 5.69 Å². The van der Waals surface area contributed by atoms with E-state index in [0.717, 1.165) is 10.6 Å². The summed E-state index contributed by atoms with van der Waals surface area (Å²) in [4.78, 5) is 35.9. The van der Waals surface area contributed by atoms with Crippen molar-refractivity contribution in [2.45, 2.75) is 6.54 Å². The molecular formula is C20H22N2O8S. The Bertz CT molecular complexity index is 1080. The minimum absolute atomic E-state index is 0.0511. The highest BCUT2D eigenvalue weighted by Crippen LogP contribution is 2.18. The van der Waals surface area contributed by atoms with Gasteiger partial charge in [-0.05, 0) is 36.4 Å². The van der Waals surface area contributed by atoms with Crippen molar-refractivity contribution in [2.24, 2.45) is 0 Å². The summed E-state index contributed by atoms with van der Waals surface area (Å²) in [5, 5.41) is 2.54. The molecule has 0 fully saturated rings. The number of nitrogens with zero attached hydrogens (tertiary/aromatic N) is 1. The van der Waals surface area contributed by atoms with Crippen molar-refractivity contribution in [1.29, 1.82) is 0 Å². The number of nitrogens with one attached hydrogen (secondary N) is 1. The van der Waals surface area contributed by atoms with Crippen molar-refractivity contribution >= 4 is 39.6 Å². The van der Waals surface area contributed by atoms with Crippen molar-refractivity contribution in [3.8, 4) is 0 Å². The maximum atomic E-state index is 12.2. The molecule has 2 rings (SSSR count). The fourth-order valence-corrected chi connectivity index (χ4v) is 2.78. The topological polar surface area (TPSA) is 132 Å². The van der Waals surface area contributed by atoms with E-state index in [1.165, 1.54) is 51.6 Å². The number of furan rings is 1. The fraction of sp³-hybridized carbons (Fsp3) is 0.250. The van der Waals surface area contributed by atoms with Crippen molar-refractivity contribution in [1.82, 2.24) is 4.31 Å². The lowest BCUT2D eigenvalue weighted by Crippen LogP contribution is -2.24. The molecule has 1 amide bonds. The lowest BCUT2D eigenvalue weighted by atomic mass is 10.1. The van der Waals surface area contributed by atoms with Gasteiger partial charge in [0.2, 0.25) is 15.9 Å². The number of carbonyl (C=O) groups excluding carboxylic acids is 3. The van der Waals surface area contributed by atoms with Crippen LogP contribution in [0.25, 0.3) is 6.08 Å². The van der Waals surface area contributed by atoms with E-state index in [1.807, 2.05) is 0 Å². The maximum Gasteiger partial charge on any atom is 0.337 e. The Kier molecular flexibility index (Phi) is 7.72. The second-order valence-electron chi connectivity index (χ2n) is 6.43. The Morgan fingerprint density at radius 3 is 2.16 bits per heavy atom. The maximum absolute atomic E-state index is 12.2. The number of ether oxygens (including phenoxy) is 2. The van der Waals surface area contributed by atoms with E-state index >= 15 is 0 Å². The predicted molar refractivity (Wildman–Crippen MR) is 112 cm³/mol. The third-order valence-electron chi connectivity index (χ3n) is 4.07. The molecule has 0 saturated carbocycles. The van der Waals surface area contributed by atoms with Gasteiger partial charge in [-0.2, -0.15) is 4.31 Å². The first-order chi connectivity index (χ1) is 14.5. The molecule has 31 heavy (non-hydrogen) atoms. The molecule has 11 heteroatoms. The average molecular weight is 450 g/mol. The standard InChI is InChI=1S/C20H22N2O8S/c1-22(31(4,26)27)12-17-6-5-16(30-17)7-8-18(23)21-15-10-13(19(24)28-2)9-14(11-15)20(25)29-3/h5-11H,12H2,1-4H3,(H,21,23)/b8-7+. The lowest BCUT2D eigenvalue weighted by molar-refractivity contribution is -0.111. The van der Waals surface area contributed by atoms with Crippen LogP contribution in [-0.4, -0.2) is 58.1 Å². The SMILES string of the molecule is COC(=O)c1cc(NC(=O)/C=C/c2ccc(CN(C)S(C)(=O)=O)o2)cc(C(=O)OC)c1. The van der Waals surface area contributed by atoms with E-state index < -0.39 is 27.9 Å². The van der Waals surface area contributed by atoms with Gasteiger partial charge < -0.3 is 19.2 Å². The van der Waals surface area contributed by atoms with Crippen molar-refractivity contribution in [3.05, 3.63) is 59.1 Å². The monoisotopic (exact) mass is 450 g/mol. The van der Waals surface area contributed by atoms with Gasteiger partial charge in [-0.15, -0.1) is 0 Å². The van der Waals surface area contributed by atoms with Crippen molar-refractivity contribution < 1.29 is 36.7 Å². The first kappa shape index (κ1) is 23.8. The predicted octanol–water partition coefficient (Wildman–Crippen LogP) is 1.90. The minimum atomic E-state index is -3.35. The van der Waals surface area contributed by atoms with Crippen LogP contribution in [0, 0.1) is 0 Å². The van der Waals surface area contributed by atoms with E-state index in [4.69, 9.17) is 4.42 Å². The summed E-state index contributed by atoms with van der Waals surface area (Å²) in [6.45, 7) is 0.0511. The van der Waals surface area contributed by atoms with Gasteiger partial charge in [0.1, 0.15) is 11.5 Å². The molecule has 0 unspecified atom stereocenters. The molecule has 0 saturated heterocycles. The zero-order valence-corrected chi connectivity index (χ0v) is 18.2. The van der Waals surface area contributed by atoms with Crippen LogP contribution in [0.2, 0.25) is 0 Å². The molecule has 0 atom stereocenters. The molecule has 1 aromatic carbocycles. The number of rotatable bonds is 8. The molecule has 0 radical (unpaired) electrons. The Hall–Kier alpha value is -3.44. The number of methoxy groups -OCH3 is 2. The van der Waals surface area contributed by atoms with Gasteiger partial charge in [0.15, 0.2) is 0 Å². The summed E-state index contributed by atoms with van der Waals surface area (Å²) < 4.78 is 38.8. The lowest BCUT2D eigenvalue weighted by Gasteiger charge is -2.11. The average Bonchev–Trinajstić information content (AvgIpc) is 3.17. The molecule has 0 aliphatic heterocycles. The number of hydrogen-bond donors (Lipinski definition) is 1. The highest BCUT2D eigenvalue weighted by molar-refractivity contribution is 7.88. The van der Waals surface area contributed by atoms with Crippen molar-refractivity contribution in [2.75, 3.05) is 32.8 Å². The largest absolute Gasteiger partial charge is 0.465 e. The second kappa shape index (κ2) is 10.0. The Balaban J connectivity index is 2.12. The van der Waals surface area contributed by atoms with Gasteiger partial charge in [-0.1, -0.05) is 0 Å². The van der Waals surface area contributed by atoms with E-state index in [-0.39, 0.29) is 23.4 Å². The third-order valence-corrected chi connectivity index (χ3v) is 5.33.